The summed E-state index contributed by atoms with van der Waals surface area (Å²) in [7, 11) is 0. The van der Waals surface area contributed by atoms with Gasteiger partial charge in [0.05, 0.1) is 6.42 Å². The van der Waals surface area contributed by atoms with Crippen LogP contribution in [-0.4, -0.2) is 52.8 Å². The summed E-state index contributed by atoms with van der Waals surface area (Å²) in [5, 5.41) is 0.655. The van der Waals surface area contributed by atoms with Crippen molar-refractivity contribution in [1.82, 2.24) is 14.8 Å². The molecule has 6 nitrogen and oxygen atoms in total. The quantitative estimate of drug-likeness (QED) is 0.697. The zero-order chi connectivity index (χ0) is 18.8. The van der Waals surface area contributed by atoms with E-state index in [4.69, 9.17) is 16.0 Å². The van der Waals surface area contributed by atoms with Gasteiger partial charge >= 0.3 is 0 Å². The van der Waals surface area contributed by atoms with Crippen molar-refractivity contribution in [3.63, 3.8) is 0 Å². The van der Waals surface area contributed by atoms with Crippen LogP contribution in [0.15, 0.2) is 53.3 Å². The molecule has 0 atom stereocenters. The lowest BCUT2D eigenvalue weighted by Gasteiger charge is -2.35. The van der Waals surface area contributed by atoms with Crippen molar-refractivity contribution in [2.75, 3.05) is 26.2 Å². The van der Waals surface area contributed by atoms with Crippen LogP contribution in [0.1, 0.15) is 15.9 Å². The van der Waals surface area contributed by atoms with Crippen LogP contribution in [0.3, 0.4) is 0 Å². The summed E-state index contributed by atoms with van der Waals surface area (Å²) in [5.74, 6) is 0.0122. The summed E-state index contributed by atoms with van der Waals surface area (Å²) in [4.78, 5) is 32.9. The van der Waals surface area contributed by atoms with Gasteiger partial charge in [-0.15, -0.1) is 0 Å². The molecule has 0 saturated carbocycles. The van der Waals surface area contributed by atoms with Gasteiger partial charge in [-0.1, -0.05) is 23.7 Å². The number of fused-ring (bicyclic) bond motifs is 1. The highest BCUT2D eigenvalue weighted by molar-refractivity contribution is 6.30. The smallest absolute Gasteiger partial charge is 0.254 e. The molecule has 1 fully saturated rings. The minimum absolute atomic E-state index is 0.0512. The molecule has 1 aromatic heterocycles. The van der Waals surface area contributed by atoms with Crippen molar-refractivity contribution in [1.29, 1.82) is 0 Å². The second-order valence-corrected chi connectivity index (χ2v) is 6.95. The largest absolute Gasteiger partial charge is 0.443 e. The maximum atomic E-state index is 12.7. The van der Waals surface area contributed by atoms with Gasteiger partial charge in [0.1, 0.15) is 5.52 Å². The third-order valence-corrected chi connectivity index (χ3v) is 5.02. The first-order chi connectivity index (χ1) is 13.1. The number of aromatic nitrogens is 1. The van der Waals surface area contributed by atoms with Gasteiger partial charge in [-0.3, -0.25) is 9.59 Å². The van der Waals surface area contributed by atoms with Crippen molar-refractivity contribution in [3.05, 3.63) is 65.0 Å². The van der Waals surface area contributed by atoms with Crippen molar-refractivity contribution in [2.24, 2.45) is 0 Å². The Morgan fingerprint density at radius 1 is 1.00 bits per heavy atom. The zero-order valence-electron chi connectivity index (χ0n) is 14.6. The summed E-state index contributed by atoms with van der Waals surface area (Å²) in [6.07, 6.45) is 1.71. The Morgan fingerprint density at radius 2 is 1.70 bits per heavy atom. The van der Waals surface area contributed by atoms with E-state index in [0.29, 0.717) is 54.3 Å². The van der Waals surface area contributed by atoms with E-state index in [1.807, 2.05) is 12.1 Å². The first-order valence-corrected chi connectivity index (χ1v) is 9.13. The first-order valence-electron chi connectivity index (χ1n) is 8.75. The molecule has 27 heavy (non-hydrogen) atoms. The highest BCUT2D eigenvalue weighted by atomic mass is 35.5. The Kier molecular flexibility index (Phi) is 4.81. The van der Waals surface area contributed by atoms with Crippen LogP contribution < -0.4 is 0 Å². The van der Waals surface area contributed by atoms with Crippen LogP contribution >= 0.6 is 11.6 Å². The maximum absolute atomic E-state index is 12.7. The van der Waals surface area contributed by atoms with E-state index in [9.17, 15) is 9.59 Å². The summed E-state index contributed by atoms with van der Waals surface area (Å²) in [5.41, 5.74) is 2.84. The number of nitrogens with zero attached hydrogens (tertiary/aromatic N) is 3. The summed E-state index contributed by atoms with van der Waals surface area (Å²) < 4.78 is 5.21. The topological polar surface area (TPSA) is 66.7 Å². The number of oxazole rings is 1. The summed E-state index contributed by atoms with van der Waals surface area (Å²) in [6, 6.07) is 12.5. The van der Waals surface area contributed by atoms with E-state index in [-0.39, 0.29) is 11.8 Å². The third-order valence-electron chi connectivity index (χ3n) is 4.77. The Labute approximate surface area is 161 Å². The predicted octanol–water partition coefficient (Wildman–Crippen LogP) is 3.01. The Balaban J connectivity index is 1.35. The highest BCUT2D eigenvalue weighted by Gasteiger charge is 2.25. The van der Waals surface area contributed by atoms with Gasteiger partial charge < -0.3 is 14.2 Å². The minimum Gasteiger partial charge on any atom is -0.443 e. The van der Waals surface area contributed by atoms with Crippen molar-refractivity contribution in [2.45, 2.75) is 6.42 Å². The lowest BCUT2D eigenvalue weighted by molar-refractivity contribution is -0.131. The monoisotopic (exact) mass is 383 g/mol. The maximum Gasteiger partial charge on any atom is 0.254 e. The molecule has 2 aromatic carbocycles. The van der Waals surface area contributed by atoms with Gasteiger partial charge in [0.2, 0.25) is 5.91 Å². The second kappa shape index (κ2) is 7.40. The molecule has 1 aliphatic rings. The molecule has 0 unspecified atom stereocenters. The van der Waals surface area contributed by atoms with Gasteiger partial charge in [-0.25, -0.2) is 4.98 Å². The second-order valence-electron chi connectivity index (χ2n) is 6.51. The number of carbonyl (C=O) groups is 2. The molecule has 4 rings (SSSR count). The molecule has 0 spiro atoms. The number of benzene rings is 2. The Bertz CT molecular complexity index is 976. The molecule has 1 aliphatic heterocycles. The van der Waals surface area contributed by atoms with Gasteiger partial charge in [0, 0.05) is 36.8 Å². The molecule has 138 valence electrons. The van der Waals surface area contributed by atoms with Crippen LogP contribution in [0.25, 0.3) is 11.1 Å². The number of rotatable bonds is 3. The number of hydrogen-bond acceptors (Lipinski definition) is 4. The average molecular weight is 384 g/mol. The van der Waals surface area contributed by atoms with Gasteiger partial charge in [-0.2, -0.15) is 0 Å². The minimum atomic E-state index is -0.0512. The summed E-state index contributed by atoms with van der Waals surface area (Å²) >= 11 is 5.88. The molecule has 0 N–H and O–H groups in total. The molecule has 3 aromatic rings. The van der Waals surface area contributed by atoms with Gasteiger partial charge in [0.15, 0.2) is 12.0 Å². The lowest BCUT2D eigenvalue weighted by atomic mass is 10.1. The van der Waals surface area contributed by atoms with E-state index >= 15 is 0 Å². The van der Waals surface area contributed by atoms with Crippen LogP contribution in [0, 0.1) is 0 Å². The van der Waals surface area contributed by atoms with Crippen LogP contribution in [0.4, 0.5) is 0 Å². The zero-order valence-corrected chi connectivity index (χ0v) is 15.4. The summed E-state index contributed by atoms with van der Waals surface area (Å²) in [6.45, 7) is 2.10. The van der Waals surface area contributed by atoms with Crippen molar-refractivity contribution >= 4 is 34.5 Å². The first kappa shape index (κ1) is 17.5. The van der Waals surface area contributed by atoms with Gasteiger partial charge in [-0.05, 0) is 35.9 Å². The lowest BCUT2D eigenvalue weighted by Crippen LogP contribution is -2.51. The third kappa shape index (κ3) is 3.80. The number of piperazine rings is 1. The van der Waals surface area contributed by atoms with E-state index < -0.39 is 0 Å². The predicted molar refractivity (Wildman–Crippen MR) is 102 cm³/mol. The normalized spacial score (nSPS) is 14.6. The highest BCUT2D eigenvalue weighted by Crippen LogP contribution is 2.17. The Hall–Kier alpha value is -2.86. The number of amides is 2. The fourth-order valence-corrected chi connectivity index (χ4v) is 3.35. The van der Waals surface area contributed by atoms with E-state index in [1.165, 1.54) is 6.39 Å². The van der Waals surface area contributed by atoms with E-state index in [1.54, 1.807) is 40.1 Å². The van der Waals surface area contributed by atoms with Crippen LogP contribution in [-0.2, 0) is 11.2 Å². The molecule has 0 aliphatic carbocycles. The van der Waals surface area contributed by atoms with Crippen LogP contribution in [0.2, 0.25) is 5.02 Å². The van der Waals surface area contributed by atoms with Crippen molar-refractivity contribution < 1.29 is 14.0 Å². The van der Waals surface area contributed by atoms with Crippen LogP contribution in [0.5, 0.6) is 0 Å². The average Bonchev–Trinajstić information content (AvgIpc) is 3.17. The van der Waals surface area contributed by atoms with E-state index in [0.717, 1.165) is 5.56 Å². The molecular weight excluding hydrogens is 366 g/mol. The number of carbonyl (C=O) groups excluding carboxylic acids is 2. The van der Waals surface area contributed by atoms with E-state index in [2.05, 4.69) is 4.98 Å². The fourth-order valence-electron chi connectivity index (χ4n) is 3.22. The molecule has 2 amide bonds. The molecule has 7 heteroatoms. The standard InChI is InChI=1S/C20H18ClN3O3/c21-16-4-1-14(2-5-16)11-19(25)23-7-9-24(10-8-23)20(26)15-3-6-18-17(12-15)22-13-27-18/h1-6,12-13H,7-11H2. The molecule has 2 heterocycles. The Morgan fingerprint density at radius 3 is 2.44 bits per heavy atom. The molecule has 0 bridgehead atoms. The number of halogens is 1. The fraction of sp³-hybridized carbons (Fsp3) is 0.250. The molecule has 0 radical (unpaired) electrons. The van der Waals surface area contributed by atoms with Gasteiger partial charge in [0.25, 0.3) is 5.91 Å². The number of hydrogen-bond donors (Lipinski definition) is 0. The van der Waals surface area contributed by atoms with Crippen molar-refractivity contribution in [3.8, 4) is 0 Å². The SMILES string of the molecule is O=C(Cc1ccc(Cl)cc1)N1CCN(C(=O)c2ccc3ocnc3c2)CC1. The molecule has 1 saturated heterocycles. The molecular formula is C20H18ClN3O3.